The van der Waals surface area contributed by atoms with Crippen LogP contribution in [-0.2, 0) is 15.1 Å². The molecule has 0 unspecified atom stereocenters. The molecule has 0 radical (unpaired) electrons. The smallest absolute Gasteiger partial charge is 0.312 e. The summed E-state index contributed by atoms with van der Waals surface area (Å²) in [7, 11) is 1.37. The number of aliphatic hydroxyl groups excluding tert-OH is 1. The predicted molar refractivity (Wildman–Crippen MR) is 131 cm³/mol. The maximum atomic E-state index is 12.0. The van der Waals surface area contributed by atoms with Gasteiger partial charge >= 0.3 is 5.97 Å². The second-order valence-electron chi connectivity index (χ2n) is 8.56. The fraction of sp³-hybridized carbons (Fsp3) is 0.276. The molecule has 170 valence electrons. The van der Waals surface area contributed by atoms with Gasteiger partial charge in [0.25, 0.3) is 0 Å². The van der Waals surface area contributed by atoms with Crippen LogP contribution in [0.5, 0.6) is 0 Å². The lowest BCUT2D eigenvalue weighted by Crippen LogP contribution is -2.51. The van der Waals surface area contributed by atoms with Crippen molar-refractivity contribution >= 4 is 5.97 Å². The van der Waals surface area contributed by atoms with Gasteiger partial charge in [-0.05, 0) is 42.5 Å². The van der Waals surface area contributed by atoms with Crippen molar-refractivity contribution in [3.05, 3.63) is 120 Å². The molecular formula is C29H31NO3. The zero-order valence-corrected chi connectivity index (χ0v) is 19.2. The molecule has 3 aromatic carbocycles. The minimum absolute atomic E-state index is 0.220. The Morgan fingerprint density at radius 3 is 1.82 bits per heavy atom. The van der Waals surface area contributed by atoms with Gasteiger partial charge in [-0.3, -0.25) is 9.69 Å². The van der Waals surface area contributed by atoms with E-state index in [9.17, 15) is 9.90 Å². The van der Waals surface area contributed by atoms with Crippen molar-refractivity contribution < 1.29 is 14.6 Å². The Bertz CT molecular complexity index is 983. The quantitative estimate of drug-likeness (QED) is 0.291. The van der Waals surface area contributed by atoms with Gasteiger partial charge in [0.15, 0.2) is 0 Å². The van der Waals surface area contributed by atoms with Crippen LogP contribution >= 0.6 is 0 Å². The number of carbonyl (C=O) groups is 1. The fourth-order valence-electron chi connectivity index (χ4n) is 5.13. The molecule has 4 nitrogen and oxygen atoms in total. The van der Waals surface area contributed by atoms with Crippen LogP contribution in [0.1, 0.15) is 36.5 Å². The summed E-state index contributed by atoms with van der Waals surface area (Å²) in [6, 6.07) is 31.2. The Balaban J connectivity index is 1.93. The van der Waals surface area contributed by atoms with Gasteiger partial charge < -0.3 is 9.84 Å². The molecule has 3 aromatic rings. The number of hydrogen-bond donors (Lipinski definition) is 1. The van der Waals surface area contributed by atoms with Crippen LogP contribution in [0.2, 0.25) is 0 Å². The second-order valence-corrected chi connectivity index (χ2v) is 8.56. The van der Waals surface area contributed by atoms with Gasteiger partial charge in [-0.1, -0.05) is 91.0 Å². The Morgan fingerprint density at radius 1 is 0.939 bits per heavy atom. The van der Waals surface area contributed by atoms with Crippen LogP contribution in [0, 0.1) is 5.92 Å². The van der Waals surface area contributed by atoms with E-state index in [0.717, 1.165) is 36.1 Å². The van der Waals surface area contributed by atoms with Crippen LogP contribution in [-0.4, -0.2) is 35.7 Å². The lowest BCUT2D eigenvalue weighted by molar-refractivity contribution is -0.143. The third-order valence-corrected chi connectivity index (χ3v) is 6.59. The Morgan fingerprint density at radius 2 is 1.39 bits per heavy atom. The summed E-state index contributed by atoms with van der Waals surface area (Å²) in [5.74, 6) is -0.652. The number of nitrogens with zero attached hydrogens (tertiary/aromatic N) is 1. The monoisotopic (exact) mass is 441 g/mol. The topological polar surface area (TPSA) is 49.8 Å². The summed E-state index contributed by atoms with van der Waals surface area (Å²) in [5.41, 5.74) is 2.83. The molecule has 1 fully saturated rings. The van der Waals surface area contributed by atoms with Gasteiger partial charge in [0.2, 0.25) is 0 Å². The highest BCUT2D eigenvalue weighted by molar-refractivity contribution is 5.73. The molecule has 0 saturated carbocycles. The highest BCUT2D eigenvalue weighted by Crippen LogP contribution is 2.46. The molecule has 1 N–H and O–H groups in total. The highest BCUT2D eigenvalue weighted by Gasteiger charge is 2.47. The van der Waals surface area contributed by atoms with Crippen molar-refractivity contribution in [2.75, 3.05) is 13.7 Å². The molecule has 0 aromatic heterocycles. The fourth-order valence-corrected chi connectivity index (χ4v) is 5.13. The number of methoxy groups -OCH3 is 1. The summed E-state index contributed by atoms with van der Waals surface area (Å²) < 4.78 is 4.87. The SMILES string of the molecule is COC(=O)[C@H](C)/C=C(\O)[C@@H]1CCCN1C(c1ccccc1)(c1ccccc1)c1ccccc1. The number of benzene rings is 3. The van der Waals surface area contributed by atoms with E-state index in [1.165, 1.54) is 7.11 Å². The Hall–Kier alpha value is -3.37. The number of aliphatic hydroxyl groups is 1. The minimum atomic E-state index is -0.596. The zero-order valence-electron chi connectivity index (χ0n) is 19.2. The maximum absolute atomic E-state index is 12.0. The van der Waals surface area contributed by atoms with E-state index >= 15 is 0 Å². The van der Waals surface area contributed by atoms with Crippen LogP contribution in [0.4, 0.5) is 0 Å². The number of ether oxygens (including phenoxy) is 1. The molecular weight excluding hydrogens is 410 g/mol. The first-order valence-corrected chi connectivity index (χ1v) is 11.5. The standard InChI is InChI=1S/C29H31NO3/c1-22(28(32)33-2)21-27(31)26-19-12-20-30(26)29(23-13-6-3-7-14-23,24-15-8-4-9-16-24)25-17-10-5-11-18-25/h3-11,13-18,21-22,26,31H,12,19-20H2,1-2H3/b27-21-/t22-,26+/m1/s1. The van der Waals surface area contributed by atoms with E-state index in [-0.39, 0.29) is 17.8 Å². The summed E-state index contributed by atoms with van der Waals surface area (Å²) in [6.45, 7) is 2.56. The van der Waals surface area contributed by atoms with Crippen LogP contribution in [0.15, 0.2) is 103 Å². The zero-order chi connectivity index (χ0) is 23.3. The molecule has 1 saturated heterocycles. The highest BCUT2D eigenvalue weighted by atomic mass is 16.5. The van der Waals surface area contributed by atoms with E-state index < -0.39 is 11.5 Å². The van der Waals surface area contributed by atoms with Gasteiger partial charge in [0.1, 0.15) is 5.76 Å². The largest absolute Gasteiger partial charge is 0.511 e. The van der Waals surface area contributed by atoms with E-state index in [4.69, 9.17) is 4.74 Å². The average Bonchev–Trinajstić information content (AvgIpc) is 3.36. The van der Waals surface area contributed by atoms with Crippen LogP contribution < -0.4 is 0 Å². The Labute approximate surface area is 196 Å². The number of hydrogen-bond acceptors (Lipinski definition) is 4. The maximum Gasteiger partial charge on any atom is 0.312 e. The summed E-state index contributed by atoms with van der Waals surface area (Å²) >= 11 is 0. The first-order chi connectivity index (χ1) is 16.1. The van der Waals surface area contributed by atoms with Crippen LogP contribution in [0.25, 0.3) is 0 Å². The number of esters is 1. The lowest BCUT2D eigenvalue weighted by atomic mass is 9.75. The molecule has 1 heterocycles. The van der Waals surface area contributed by atoms with Crippen molar-refractivity contribution in [1.29, 1.82) is 0 Å². The van der Waals surface area contributed by atoms with Gasteiger partial charge in [0.05, 0.1) is 24.6 Å². The third kappa shape index (κ3) is 4.31. The van der Waals surface area contributed by atoms with Gasteiger partial charge in [-0.15, -0.1) is 0 Å². The van der Waals surface area contributed by atoms with Crippen molar-refractivity contribution in [2.45, 2.75) is 31.3 Å². The molecule has 33 heavy (non-hydrogen) atoms. The summed E-state index contributed by atoms with van der Waals surface area (Å²) in [6.07, 6.45) is 3.40. The van der Waals surface area contributed by atoms with Crippen molar-refractivity contribution in [3.8, 4) is 0 Å². The molecule has 2 atom stereocenters. The summed E-state index contributed by atoms with van der Waals surface area (Å²) in [4.78, 5) is 14.4. The second kappa shape index (κ2) is 10.1. The molecule has 0 aliphatic carbocycles. The van der Waals surface area contributed by atoms with Gasteiger partial charge in [-0.2, -0.15) is 0 Å². The number of carbonyl (C=O) groups excluding carboxylic acids is 1. The molecule has 0 amide bonds. The summed E-state index contributed by atoms with van der Waals surface area (Å²) in [5, 5.41) is 11.2. The van der Waals surface area contributed by atoms with E-state index in [1.807, 2.05) is 18.2 Å². The van der Waals surface area contributed by atoms with E-state index in [1.54, 1.807) is 13.0 Å². The van der Waals surface area contributed by atoms with Crippen molar-refractivity contribution in [3.63, 3.8) is 0 Å². The van der Waals surface area contributed by atoms with E-state index in [2.05, 4.69) is 77.7 Å². The van der Waals surface area contributed by atoms with Crippen molar-refractivity contribution in [1.82, 2.24) is 4.90 Å². The minimum Gasteiger partial charge on any atom is -0.511 e. The molecule has 1 aliphatic rings. The van der Waals surface area contributed by atoms with Crippen LogP contribution in [0.3, 0.4) is 0 Å². The normalized spacial score (nSPS) is 18.1. The predicted octanol–water partition coefficient (Wildman–Crippen LogP) is 5.69. The average molecular weight is 442 g/mol. The molecule has 4 rings (SSSR count). The molecule has 1 aliphatic heterocycles. The number of rotatable bonds is 7. The van der Waals surface area contributed by atoms with Crippen molar-refractivity contribution in [2.24, 2.45) is 5.92 Å². The number of likely N-dealkylation sites (tertiary alicyclic amines) is 1. The third-order valence-electron chi connectivity index (χ3n) is 6.59. The first kappa shape index (κ1) is 22.8. The first-order valence-electron chi connectivity index (χ1n) is 11.5. The molecule has 0 bridgehead atoms. The Kier molecular flexibility index (Phi) is 6.95. The van der Waals surface area contributed by atoms with Gasteiger partial charge in [-0.25, -0.2) is 0 Å². The lowest BCUT2D eigenvalue weighted by Gasteiger charge is -2.46. The van der Waals surface area contributed by atoms with E-state index in [0.29, 0.717) is 0 Å². The van der Waals surface area contributed by atoms with Gasteiger partial charge in [0, 0.05) is 6.54 Å². The molecule has 0 spiro atoms. The molecule has 4 heteroatoms.